The zero-order valence-corrected chi connectivity index (χ0v) is 19.9. The van der Waals surface area contributed by atoms with E-state index in [9.17, 15) is 4.79 Å². The van der Waals surface area contributed by atoms with Crippen LogP contribution in [0.4, 0.5) is 0 Å². The highest BCUT2D eigenvalue weighted by molar-refractivity contribution is 5.85. The lowest BCUT2D eigenvalue weighted by atomic mass is 9.94. The van der Waals surface area contributed by atoms with E-state index in [0.717, 1.165) is 41.5 Å². The van der Waals surface area contributed by atoms with E-state index >= 15 is 0 Å². The molecule has 0 spiro atoms. The molecule has 0 saturated heterocycles. The summed E-state index contributed by atoms with van der Waals surface area (Å²) in [5, 5.41) is 13.9. The molecule has 7 nitrogen and oxygen atoms in total. The quantitative estimate of drug-likeness (QED) is 0.518. The number of hydrogen-bond acceptors (Lipinski definition) is 5. The van der Waals surface area contributed by atoms with Gasteiger partial charge in [0.2, 0.25) is 0 Å². The van der Waals surface area contributed by atoms with Gasteiger partial charge in [-0.05, 0) is 79.8 Å². The zero-order chi connectivity index (χ0) is 23.3. The van der Waals surface area contributed by atoms with Crippen LogP contribution < -0.4 is 5.56 Å². The van der Waals surface area contributed by atoms with E-state index in [1.54, 1.807) is 0 Å². The SMILES string of the molecule is Cc1ccc(C)c2[nH]c(=O)c(C(c3nnnn3C(C)(C)C)N3CCc4ccccc4C3)cc12. The average molecular weight is 443 g/mol. The van der Waals surface area contributed by atoms with Crippen LogP contribution in [0.5, 0.6) is 0 Å². The van der Waals surface area contributed by atoms with Crippen LogP contribution in [0.15, 0.2) is 47.3 Å². The zero-order valence-electron chi connectivity index (χ0n) is 19.9. The highest BCUT2D eigenvalue weighted by atomic mass is 16.1. The molecule has 2 aromatic heterocycles. The number of fused-ring (bicyclic) bond motifs is 2. The van der Waals surface area contributed by atoms with Gasteiger partial charge in [0.05, 0.1) is 11.1 Å². The highest BCUT2D eigenvalue weighted by Crippen LogP contribution is 2.33. The van der Waals surface area contributed by atoms with Gasteiger partial charge >= 0.3 is 0 Å². The van der Waals surface area contributed by atoms with E-state index < -0.39 is 0 Å². The van der Waals surface area contributed by atoms with Crippen LogP contribution in [0.3, 0.4) is 0 Å². The number of benzene rings is 2. The molecule has 0 fully saturated rings. The highest BCUT2D eigenvalue weighted by Gasteiger charge is 2.34. The molecule has 4 aromatic rings. The summed E-state index contributed by atoms with van der Waals surface area (Å²) in [4.78, 5) is 19.0. The molecule has 0 radical (unpaired) electrons. The summed E-state index contributed by atoms with van der Waals surface area (Å²) in [6, 6.07) is 14.4. The Hall–Kier alpha value is -3.32. The van der Waals surface area contributed by atoms with Crippen LogP contribution in [-0.4, -0.2) is 36.6 Å². The summed E-state index contributed by atoms with van der Waals surface area (Å²) in [5.41, 5.74) is 5.99. The van der Waals surface area contributed by atoms with E-state index in [0.29, 0.717) is 11.4 Å². The van der Waals surface area contributed by atoms with Gasteiger partial charge in [-0.15, -0.1) is 5.10 Å². The third-order valence-electron chi connectivity index (χ3n) is 6.67. The second-order valence-electron chi connectivity index (χ2n) is 10.1. The third kappa shape index (κ3) is 3.76. The Morgan fingerprint density at radius 2 is 1.76 bits per heavy atom. The number of hydrogen-bond donors (Lipinski definition) is 1. The molecule has 0 amide bonds. The van der Waals surface area contributed by atoms with Gasteiger partial charge in [-0.1, -0.05) is 36.4 Å². The Bertz CT molecular complexity index is 1390. The summed E-state index contributed by atoms with van der Waals surface area (Å²) >= 11 is 0. The molecule has 0 bridgehead atoms. The number of pyridine rings is 1. The Labute approximate surface area is 193 Å². The Morgan fingerprint density at radius 3 is 2.52 bits per heavy atom. The van der Waals surface area contributed by atoms with Crippen molar-refractivity contribution in [1.29, 1.82) is 0 Å². The number of aromatic nitrogens is 5. The Balaban J connectivity index is 1.72. The van der Waals surface area contributed by atoms with Gasteiger partial charge in [0.25, 0.3) is 5.56 Å². The second kappa shape index (κ2) is 7.92. The van der Waals surface area contributed by atoms with Crippen molar-refractivity contribution >= 4 is 10.9 Å². The first-order chi connectivity index (χ1) is 15.7. The second-order valence-corrected chi connectivity index (χ2v) is 10.1. The van der Waals surface area contributed by atoms with E-state index in [1.807, 2.05) is 23.7 Å². The van der Waals surface area contributed by atoms with Crippen molar-refractivity contribution in [3.8, 4) is 0 Å². The number of nitrogens with zero attached hydrogens (tertiary/aromatic N) is 5. The van der Waals surface area contributed by atoms with Crippen LogP contribution in [0, 0.1) is 13.8 Å². The summed E-state index contributed by atoms with van der Waals surface area (Å²) in [6.45, 7) is 11.9. The monoisotopic (exact) mass is 442 g/mol. The topological polar surface area (TPSA) is 79.7 Å². The van der Waals surface area contributed by atoms with Crippen molar-refractivity contribution in [1.82, 2.24) is 30.1 Å². The molecule has 0 aliphatic carbocycles. The minimum Gasteiger partial charge on any atom is -0.321 e. The number of tetrazole rings is 1. The molecule has 1 aliphatic rings. The fraction of sp³-hybridized carbons (Fsp3) is 0.385. The van der Waals surface area contributed by atoms with Crippen LogP contribution in [0.2, 0.25) is 0 Å². The molecule has 1 N–H and O–H groups in total. The molecule has 1 unspecified atom stereocenters. The van der Waals surface area contributed by atoms with Gasteiger partial charge in [0.1, 0.15) is 6.04 Å². The van der Waals surface area contributed by atoms with Crippen molar-refractivity contribution in [3.05, 3.63) is 86.5 Å². The van der Waals surface area contributed by atoms with Crippen LogP contribution >= 0.6 is 0 Å². The Morgan fingerprint density at radius 1 is 1.03 bits per heavy atom. The van der Waals surface area contributed by atoms with Gasteiger partial charge < -0.3 is 4.98 Å². The minimum absolute atomic E-state index is 0.0940. The van der Waals surface area contributed by atoms with Crippen LogP contribution in [0.25, 0.3) is 10.9 Å². The summed E-state index contributed by atoms with van der Waals surface area (Å²) < 4.78 is 1.85. The maximum atomic E-state index is 13.5. The standard InChI is InChI=1S/C26H30N6O/c1-16-10-11-17(2)22-20(16)14-21(25(33)27-22)23(24-28-29-30-32(24)26(3,4)5)31-13-12-18-8-6-7-9-19(18)15-31/h6-11,14,23H,12-13,15H2,1-5H3,(H,27,33). The fourth-order valence-electron chi connectivity index (χ4n) is 4.87. The van der Waals surface area contributed by atoms with Crippen molar-refractivity contribution in [3.63, 3.8) is 0 Å². The largest absolute Gasteiger partial charge is 0.321 e. The lowest BCUT2D eigenvalue weighted by molar-refractivity contribution is 0.185. The predicted octanol–water partition coefficient (Wildman–Crippen LogP) is 4.03. The number of rotatable bonds is 3. The maximum absolute atomic E-state index is 13.5. The molecule has 170 valence electrons. The molecule has 1 aliphatic heterocycles. The van der Waals surface area contributed by atoms with Crippen molar-refractivity contribution in [2.75, 3.05) is 6.54 Å². The van der Waals surface area contributed by atoms with Gasteiger partial charge in [-0.3, -0.25) is 9.69 Å². The molecular formula is C26H30N6O. The van der Waals surface area contributed by atoms with Gasteiger partial charge in [0.15, 0.2) is 5.82 Å². The summed E-state index contributed by atoms with van der Waals surface area (Å²) in [6.07, 6.45) is 0.924. The van der Waals surface area contributed by atoms with Crippen LogP contribution in [-0.2, 0) is 18.5 Å². The fourth-order valence-corrected chi connectivity index (χ4v) is 4.87. The molecule has 2 aromatic carbocycles. The third-order valence-corrected chi connectivity index (χ3v) is 6.67. The summed E-state index contributed by atoms with van der Waals surface area (Å²) in [5.74, 6) is 0.692. The molecular weight excluding hydrogens is 412 g/mol. The van der Waals surface area contributed by atoms with Crippen molar-refractivity contribution < 1.29 is 0 Å². The average Bonchev–Trinajstić information content (AvgIpc) is 3.27. The number of H-pyrrole nitrogens is 1. The summed E-state index contributed by atoms with van der Waals surface area (Å²) in [7, 11) is 0. The lowest BCUT2D eigenvalue weighted by Gasteiger charge is -2.36. The molecule has 33 heavy (non-hydrogen) atoms. The van der Waals surface area contributed by atoms with E-state index in [1.165, 1.54) is 11.1 Å². The van der Waals surface area contributed by atoms with Crippen LogP contribution in [0.1, 0.15) is 60.5 Å². The molecule has 0 saturated carbocycles. The van der Waals surface area contributed by atoms with E-state index in [2.05, 4.69) is 83.4 Å². The van der Waals surface area contributed by atoms with Crippen molar-refractivity contribution in [2.45, 2.75) is 59.2 Å². The first-order valence-electron chi connectivity index (χ1n) is 11.5. The van der Waals surface area contributed by atoms with Gasteiger partial charge in [0, 0.05) is 24.0 Å². The number of aromatic amines is 1. The lowest BCUT2D eigenvalue weighted by Crippen LogP contribution is -2.40. The first-order valence-corrected chi connectivity index (χ1v) is 11.5. The predicted molar refractivity (Wildman–Crippen MR) is 129 cm³/mol. The maximum Gasteiger partial charge on any atom is 0.253 e. The van der Waals surface area contributed by atoms with Gasteiger partial charge in [-0.25, -0.2) is 4.68 Å². The van der Waals surface area contributed by atoms with E-state index in [4.69, 9.17) is 0 Å². The van der Waals surface area contributed by atoms with E-state index in [-0.39, 0.29) is 17.1 Å². The molecule has 1 atom stereocenters. The van der Waals surface area contributed by atoms with Crippen molar-refractivity contribution in [2.24, 2.45) is 0 Å². The molecule has 5 rings (SSSR count). The van der Waals surface area contributed by atoms with Gasteiger partial charge in [-0.2, -0.15) is 0 Å². The number of aryl methyl sites for hydroxylation is 2. The smallest absolute Gasteiger partial charge is 0.253 e. The molecule has 3 heterocycles. The Kier molecular flexibility index (Phi) is 5.16. The molecule has 7 heteroatoms. The number of nitrogens with one attached hydrogen (secondary N) is 1. The first kappa shape index (κ1) is 21.5. The minimum atomic E-state index is -0.361. The normalized spacial score (nSPS) is 15.5.